The first-order valence-electron chi connectivity index (χ1n) is 10.6. The SMILES string of the molecule is COc1cc(OC)c(NC(=O)Nc2cc(C(c3ccncc3)n3ccnc3)ccc2OC)cc1Br. The van der Waals surface area contributed by atoms with Gasteiger partial charge in [-0.2, -0.15) is 0 Å². The molecule has 4 aromatic rings. The molecular formula is C25H24BrN5O4. The smallest absolute Gasteiger partial charge is 0.323 e. The van der Waals surface area contributed by atoms with E-state index in [0.717, 1.165) is 11.1 Å². The number of halogens is 1. The topological polar surface area (TPSA) is 99.5 Å². The molecule has 0 bridgehead atoms. The third-order valence-corrected chi connectivity index (χ3v) is 5.97. The largest absolute Gasteiger partial charge is 0.495 e. The van der Waals surface area contributed by atoms with E-state index in [-0.39, 0.29) is 6.04 Å². The molecule has 1 unspecified atom stereocenters. The van der Waals surface area contributed by atoms with Gasteiger partial charge in [0.2, 0.25) is 0 Å². The molecule has 10 heteroatoms. The van der Waals surface area contributed by atoms with Crippen molar-refractivity contribution in [3.8, 4) is 17.2 Å². The van der Waals surface area contributed by atoms with Crippen molar-refractivity contribution in [3.63, 3.8) is 0 Å². The van der Waals surface area contributed by atoms with Gasteiger partial charge >= 0.3 is 6.03 Å². The molecule has 0 fully saturated rings. The summed E-state index contributed by atoms with van der Waals surface area (Å²) in [6, 6.07) is 12.3. The normalized spacial score (nSPS) is 11.4. The molecule has 4 rings (SSSR count). The highest BCUT2D eigenvalue weighted by molar-refractivity contribution is 9.10. The summed E-state index contributed by atoms with van der Waals surface area (Å²) in [7, 11) is 4.63. The molecule has 0 aliphatic heterocycles. The average molecular weight is 538 g/mol. The average Bonchev–Trinajstić information content (AvgIpc) is 3.39. The lowest BCUT2D eigenvalue weighted by atomic mass is 9.98. The monoisotopic (exact) mass is 537 g/mol. The summed E-state index contributed by atoms with van der Waals surface area (Å²) in [5.74, 6) is 1.56. The van der Waals surface area contributed by atoms with Crippen LogP contribution in [0.3, 0.4) is 0 Å². The van der Waals surface area contributed by atoms with E-state index >= 15 is 0 Å². The van der Waals surface area contributed by atoms with E-state index in [1.54, 1.807) is 51.3 Å². The van der Waals surface area contributed by atoms with Crippen LogP contribution >= 0.6 is 15.9 Å². The lowest BCUT2D eigenvalue weighted by Gasteiger charge is -2.21. The highest BCUT2D eigenvalue weighted by Gasteiger charge is 2.19. The van der Waals surface area contributed by atoms with Crippen LogP contribution in [0.1, 0.15) is 17.2 Å². The molecule has 0 spiro atoms. The van der Waals surface area contributed by atoms with Crippen molar-refractivity contribution in [2.24, 2.45) is 0 Å². The first-order valence-corrected chi connectivity index (χ1v) is 11.4. The number of nitrogens with one attached hydrogen (secondary N) is 2. The predicted octanol–water partition coefficient (Wildman–Crippen LogP) is 5.35. The van der Waals surface area contributed by atoms with Gasteiger partial charge in [-0.1, -0.05) is 6.07 Å². The highest BCUT2D eigenvalue weighted by Crippen LogP contribution is 2.37. The Morgan fingerprint density at radius 2 is 1.51 bits per heavy atom. The lowest BCUT2D eigenvalue weighted by molar-refractivity contribution is 0.262. The fraction of sp³-hybridized carbons (Fsp3) is 0.160. The molecule has 9 nitrogen and oxygen atoms in total. The van der Waals surface area contributed by atoms with Gasteiger partial charge in [0.25, 0.3) is 0 Å². The summed E-state index contributed by atoms with van der Waals surface area (Å²) >= 11 is 3.43. The van der Waals surface area contributed by atoms with Gasteiger partial charge in [-0.3, -0.25) is 4.98 Å². The number of amides is 2. The zero-order chi connectivity index (χ0) is 24.8. The van der Waals surface area contributed by atoms with Crippen LogP contribution in [0.15, 0.2) is 78.1 Å². The summed E-state index contributed by atoms with van der Waals surface area (Å²) in [5, 5.41) is 5.71. The molecular weight excluding hydrogens is 514 g/mol. The maximum absolute atomic E-state index is 13.0. The van der Waals surface area contributed by atoms with Gasteiger partial charge in [0.15, 0.2) is 0 Å². The number of rotatable bonds is 8. The van der Waals surface area contributed by atoms with E-state index in [0.29, 0.717) is 33.1 Å². The van der Waals surface area contributed by atoms with Crippen molar-refractivity contribution in [2.75, 3.05) is 32.0 Å². The molecule has 0 saturated carbocycles. The van der Waals surface area contributed by atoms with Gasteiger partial charge in [0, 0.05) is 30.9 Å². The Labute approximate surface area is 211 Å². The van der Waals surface area contributed by atoms with Crippen LogP contribution in [0.2, 0.25) is 0 Å². The van der Waals surface area contributed by atoms with E-state index in [4.69, 9.17) is 14.2 Å². The molecule has 2 N–H and O–H groups in total. The second kappa shape index (κ2) is 10.9. The summed E-state index contributed by atoms with van der Waals surface area (Å²) in [5.41, 5.74) is 2.93. The first-order chi connectivity index (χ1) is 17.0. The van der Waals surface area contributed by atoms with E-state index in [9.17, 15) is 4.79 Å². The van der Waals surface area contributed by atoms with Crippen LogP contribution in [0, 0.1) is 0 Å². The van der Waals surface area contributed by atoms with Crippen molar-refractivity contribution in [1.82, 2.24) is 14.5 Å². The Kier molecular flexibility index (Phi) is 7.51. The van der Waals surface area contributed by atoms with Crippen LogP contribution < -0.4 is 24.8 Å². The molecule has 0 saturated heterocycles. The van der Waals surface area contributed by atoms with Gasteiger partial charge in [-0.25, -0.2) is 9.78 Å². The number of methoxy groups -OCH3 is 3. The van der Waals surface area contributed by atoms with Crippen molar-refractivity contribution >= 4 is 33.3 Å². The van der Waals surface area contributed by atoms with Gasteiger partial charge in [-0.05, 0) is 57.4 Å². The van der Waals surface area contributed by atoms with Gasteiger partial charge < -0.3 is 29.4 Å². The fourth-order valence-corrected chi connectivity index (χ4v) is 4.24. The maximum atomic E-state index is 13.0. The van der Waals surface area contributed by atoms with E-state index in [1.807, 2.05) is 41.1 Å². The van der Waals surface area contributed by atoms with Crippen LogP contribution in [0.4, 0.5) is 16.2 Å². The number of pyridine rings is 1. The molecule has 0 radical (unpaired) electrons. The lowest BCUT2D eigenvalue weighted by Crippen LogP contribution is -2.21. The van der Waals surface area contributed by atoms with Crippen LogP contribution in [0.5, 0.6) is 17.2 Å². The minimum absolute atomic E-state index is 0.173. The zero-order valence-corrected chi connectivity index (χ0v) is 20.9. The van der Waals surface area contributed by atoms with Gasteiger partial charge in [0.05, 0.1) is 49.5 Å². The number of carbonyl (C=O) groups excluding carboxylic acids is 1. The number of imidazole rings is 1. The number of aromatic nitrogens is 3. The number of ether oxygens (including phenoxy) is 3. The molecule has 2 aromatic heterocycles. The van der Waals surface area contributed by atoms with Crippen molar-refractivity contribution in [2.45, 2.75) is 6.04 Å². The maximum Gasteiger partial charge on any atom is 0.323 e. The van der Waals surface area contributed by atoms with E-state index in [1.165, 1.54) is 7.11 Å². The van der Waals surface area contributed by atoms with E-state index in [2.05, 4.69) is 36.5 Å². The number of urea groups is 1. The molecule has 0 aliphatic rings. The molecule has 2 amide bonds. The summed E-state index contributed by atoms with van der Waals surface area (Å²) in [6.45, 7) is 0. The Morgan fingerprint density at radius 1 is 0.829 bits per heavy atom. The quantitative estimate of drug-likeness (QED) is 0.314. The van der Waals surface area contributed by atoms with Crippen LogP contribution in [-0.2, 0) is 0 Å². The second-order valence-corrected chi connectivity index (χ2v) is 8.27. The zero-order valence-electron chi connectivity index (χ0n) is 19.4. The van der Waals surface area contributed by atoms with Crippen LogP contribution in [0.25, 0.3) is 0 Å². The van der Waals surface area contributed by atoms with Crippen molar-refractivity contribution in [3.05, 3.63) is 89.2 Å². The second-order valence-electron chi connectivity index (χ2n) is 7.42. The van der Waals surface area contributed by atoms with Gasteiger partial charge in [-0.15, -0.1) is 0 Å². The molecule has 2 heterocycles. The third-order valence-electron chi connectivity index (χ3n) is 5.35. The Morgan fingerprint density at radius 3 is 2.14 bits per heavy atom. The number of anilines is 2. The molecule has 2 aromatic carbocycles. The molecule has 0 aliphatic carbocycles. The predicted molar refractivity (Wildman–Crippen MR) is 137 cm³/mol. The van der Waals surface area contributed by atoms with Crippen molar-refractivity contribution < 1.29 is 19.0 Å². The Balaban J connectivity index is 1.64. The van der Waals surface area contributed by atoms with Crippen molar-refractivity contribution in [1.29, 1.82) is 0 Å². The standard InChI is InChI=1S/C25H24BrN5O4/c1-33-21-5-4-17(24(31-11-10-28-15-31)16-6-8-27-9-7-16)12-19(21)29-25(32)30-20-13-18(26)22(34-2)14-23(20)35-3/h4-15,24H,1-3H3,(H2,29,30,32). The first kappa shape index (κ1) is 24.1. The minimum atomic E-state index is -0.459. The van der Waals surface area contributed by atoms with E-state index < -0.39 is 6.03 Å². The number of carbonyl (C=O) groups is 1. The summed E-state index contributed by atoms with van der Waals surface area (Å²) in [4.78, 5) is 21.3. The summed E-state index contributed by atoms with van der Waals surface area (Å²) in [6.07, 6.45) is 8.86. The fourth-order valence-electron chi connectivity index (χ4n) is 3.73. The minimum Gasteiger partial charge on any atom is -0.495 e. The molecule has 180 valence electrons. The molecule has 35 heavy (non-hydrogen) atoms. The van der Waals surface area contributed by atoms with Crippen LogP contribution in [-0.4, -0.2) is 41.9 Å². The Bertz CT molecular complexity index is 1300. The number of hydrogen-bond donors (Lipinski definition) is 2. The summed E-state index contributed by atoms with van der Waals surface area (Å²) < 4.78 is 18.9. The van der Waals surface area contributed by atoms with Gasteiger partial charge in [0.1, 0.15) is 17.2 Å². The number of nitrogens with zero attached hydrogens (tertiary/aromatic N) is 3. The molecule has 1 atom stereocenters. The number of hydrogen-bond acceptors (Lipinski definition) is 6. The Hall–Kier alpha value is -4.05. The number of benzene rings is 2. The highest BCUT2D eigenvalue weighted by atomic mass is 79.9. The third kappa shape index (κ3) is 5.38.